The summed E-state index contributed by atoms with van der Waals surface area (Å²) in [6.07, 6.45) is 9.31. The Morgan fingerprint density at radius 2 is 1.07 bits per heavy atom. The summed E-state index contributed by atoms with van der Waals surface area (Å²) in [4.78, 5) is 47.6. The minimum Gasteiger partial charge on any atom is -0.507 e. The topological polar surface area (TPSA) is 146 Å². The molecular formula is C44H54N8O4. The van der Waals surface area contributed by atoms with Crippen LogP contribution in [-0.2, 0) is 55.3 Å². The Balaban J connectivity index is 1.33. The van der Waals surface area contributed by atoms with Gasteiger partial charge in [0.05, 0.1) is 22.8 Å². The molecule has 0 aliphatic carbocycles. The van der Waals surface area contributed by atoms with Crippen molar-refractivity contribution in [3.8, 4) is 5.75 Å². The third-order valence-corrected chi connectivity index (χ3v) is 8.80. The lowest BCUT2D eigenvalue weighted by molar-refractivity contribution is -0.121. The Morgan fingerprint density at radius 1 is 0.625 bits per heavy atom. The summed E-state index contributed by atoms with van der Waals surface area (Å²) in [7, 11) is 0. The van der Waals surface area contributed by atoms with Crippen LogP contribution in [0.15, 0.2) is 110 Å². The van der Waals surface area contributed by atoms with E-state index in [1.807, 2.05) is 106 Å². The highest BCUT2D eigenvalue weighted by molar-refractivity contribution is 5.75. The molecule has 294 valence electrons. The summed E-state index contributed by atoms with van der Waals surface area (Å²) in [5.74, 6) is 0.152. The van der Waals surface area contributed by atoms with Crippen LogP contribution in [0.3, 0.4) is 0 Å². The molecule has 5 aromatic rings. The number of aromatic hydroxyl groups is 1. The predicted molar refractivity (Wildman–Crippen MR) is 216 cm³/mol. The van der Waals surface area contributed by atoms with Crippen molar-refractivity contribution in [2.45, 2.75) is 97.9 Å². The second-order valence-electron chi connectivity index (χ2n) is 14.9. The maximum absolute atomic E-state index is 13.0. The van der Waals surface area contributed by atoms with Gasteiger partial charge in [0.15, 0.2) is 0 Å². The van der Waals surface area contributed by atoms with Crippen LogP contribution >= 0.6 is 0 Å². The van der Waals surface area contributed by atoms with Gasteiger partial charge in [-0.2, -0.15) is 0 Å². The molecule has 0 fully saturated rings. The fourth-order valence-electron chi connectivity index (χ4n) is 6.26. The zero-order chi connectivity index (χ0) is 39.6. The quantitative estimate of drug-likeness (QED) is 0.0705. The molecule has 0 radical (unpaired) electrons. The van der Waals surface area contributed by atoms with Crippen LogP contribution in [0.5, 0.6) is 5.75 Å². The van der Waals surface area contributed by atoms with Gasteiger partial charge in [-0.25, -0.2) is 4.79 Å². The van der Waals surface area contributed by atoms with Gasteiger partial charge in [-0.3, -0.25) is 34.5 Å². The number of carbonyl (C=O) groups is 2. The number of phenolic OH excluding ortho intramolecular Hbond substituents is 1. The molecule has 0 spiro atoms. The number of alkyl carbamates (subject to hydrolysis) is 1. The number of pyridine rings is 4. The molecule has 0 bridgehead atoms. The van der Waals surface area contributed by atoms with E-state index in [0.29, 0.717) is 65.2 Å². The number of benzene rings is 1. The molecule has 0 aliphatic heterocycles. The van der Waals surface area contributed by atoms with Gasteiger partial charge >= 0.3 is 6.09 Å². The molecule has 5 rings (SSSR count). The summed E-state index contributed by atoms with van der Waals surface area (Å²) >= 11 is 0. The Kier molecular flexibility index (Phi) is 15.8. The lowest BCUT2D eigenvalue weighted by Gasteiger charge is -2.26. The number of hydrogen-bond acceptors (Lipinski definition) is 10. The summed E-state index contributed by atoms with van der Waals surface area (Å²) in [6.45, 7) is 9.32. The molecule has 3 N–H and O–H groups in total. The number of nitrogens with one attached hydrogen (secondary N) is 2. The predicted octanol–water partition coefficient (Wildman–Crippen LogP) is 7.08. The van der Waals surface area contributed by atoms with Gasteiger partial charge in [-0.1, -0.05) is 30.7 Å². The Labute approximate surface area is 330 Å². The Bertz CT molecular complexity index is 1730. The molecule has 4 heterocycles. The van der Waals surface area contributed by atoms with Gasteiger partial charge in [-0.15, -0.1) is 0 Å². The Hall–Kier alpha value is -5.72. The molecule has 12 nitrogen and oxygen atoms in total. The van der Waals surface area contributed by atoms with E-state index in [1.54, 1.807) is 24.8 Å². The van der Waals surface area contributed by atoms with Gasteiger partial charge in [0.2, 0.25) is 5.91 Å². The largest absolute Gasteiger partial charge is 0.507 e. The molecule has 2 amide bonds. The first-order valence-electron chi connectivity index (χ1n) is 19.2. The van der Waals surface area contributed by atoms with Crippen LogP contribution in [0, 0.1) is 0 Å². The van der Waals surface area contributed by atoms with Gasteiger partial charge < -0.3 is 20.5 Å². The van der Waals surface area contributed by atoms with Crippen molar-refractivity contribution in [2.75, 3.05) is 6.54 Å². The standard InChI is InChI=1S/C44H54N8O4/c1-44(2,3)56-43(55)49-24-10-4-5-19-41(53)50-27-34-25-35(28-51(30-37-15-6-11-20-45-37)31-38-16-7-12-21-46-38)42(54)36(26-34)29-52(32-39-17-8-13-22-47-39)33-40-18-9-14-23-48-40/h6-9,11-18,20-23,25-26,54H,4-5,10,19,24,27-33H2,1-3H3,(H,49,55)(H,50,53). The first-order chi connectivity index (χ1) is 27.1. The summed E-state index contributed by atoms with van der Waals surface area (Å²) in [5, 5.41) is 17.9. The Morgan fingerprint density at radius 3 is 1.46 bits per heavy atom. The van der Waals surface area contributed by atoms with Gasteiger partial charge in [0, 0.05) is 94.7 Å². The normalized spacial score (nSPS) is 11.4. The van der Waals surface area contributed by atoms with E-state index in [-0.39, 0.29) is 11.7 Å². The highest BCUT2D eigenvalue weighted by Gasteiger charge is 2.20. The first kappa shape index (κ1) is 41.4. The molecule has 0 atom stereocenters. The van der Waals surface area contributed by atoms with E-state index in [2.05, 4.69) is 40.4 Å². The number of phenols is 1. The van der Waals surface area contributed by atoms with E-state index >= 15 is 0 Å². The molecule has 4 aromatic heterocycles. The van der Waals surface area contributed by atoms with Crippen LogP contribution in [-0.4, -0.2) is 59.0 Å². The number of amides is 2. The van der Waals surface area contributed by atoms with Gasteiger partial charge in [0.1, 0.15) is 11.4 Å². The van der Waals surface area contributed by atoms with Crippen LogP contribution in [0.4, 0.5) is 4.79 Å². The fourth-order valence-corrected chi connectivity index (χ4v) is 6.26. The van der Waals surface area contributed by atoms with Crippen molar-refractivity contribution in [2.24, 2.45) is 0 Å². The third kappa shape index (κ3) is 14.8. The molecule has 0 saturated heterocycles. The van der Waals surface area contributed by atoms with Crippen molar-refractivity contribution in [3.05, 3.63) is 149 Å². The highest BCUT2D eigenvalue weighted by Crippen LogP contribution is 2.29. The van der Waals surface area contributed by atoms with E-state index in [4.69, 9.17) is 4.74 Å². The number of ether oxygens (including phenoxy) is 1. The lowest BCUT2D eigenvalue weighted by Crippen LogP contribution is -2.33. The second-order valence-corrected chi connectivity index (χ2v) is 14.9. The molecule has 0 aliphatic rings. The lowest BCUT2D eigenvalue weighted by atomic mass is 10.0. The molecule has 0 unspecified atom stereocenters. The van der Waals surface area contributed by atoms with Crippen LogP contribution in [0.25, 0.3) is 0 Å². The number of rotatable bonds is 20. The number of carbonyl (C=O) groups excluding carboxylic acids is 2. The van der Waals surface area contributed by atoms with E-state index in [1.165, 1.54) is 0 Å². The number of unbranched alkanes of at least 4 members (excludes halogenated alkanes) is 2. The first-order valence-corrected chi connectivity index (χ1v) is 19.2. The highest BCUT2D eigenvalue weighted by atomic mass is 16.6. The number of aromatic nitrogens is 4. The summed E-state index contributed by atoms with van der Waals surface area (Å²) in [6, 6.07) is 27.4. The molecule has 56 heavy (non-hydrogen) atoms. The number of nitrogens with zero attached hydrogens (tertiary/aromatic N) is 6. The van der Waals surface area contributed by atoms with Gasteiger partial charge in [-0.05, 0) is 99.8 Å². The van der Waals surface area contributed by atoms with Gasteiger partial charge in [0.25, 0.3) is 0 Å². The average molecular weight is 759 g/mol. The zero-order valence-electron chi connectivity index (χ0n) is 32.7. The van der Waals surface area contributed by atoms with E-state index < -0.39 is 11.7 Å². The monoisotopic (exact) mass is 758 g/mol. The van der Waals surface area contributed by atoms with Crippen molar-refractivity contribution in [1.29, 1.82) is 0 Å². The molecule has 1 aromatic carbocycles. The molecule has 12 heteroatoms. The maximum atomic E-state index is 13.0. The molecular weight excluding hydrogens is 705 g/mol. The maximum Gasteiger partial charge on any atom is 0.407 e. The van der Waals surface area contributed by atoms with Crippen LogP contribution < -0.4 is 10.6 Å². The van der Waals surface area contributed by atoms with E-state index in [0.717, 1.165) is 52.3 Å². The van der Waals surface area contributed by atoms with Crippen LogP contribution in [0.2, 0.25) is 0 Å². The van der Waals surface area contributed by atoms with Crippen molar-refractivity contribution < 1.29 is 19.4 Å². The third-order valence-electron chi connectivity index (χ3n) is 8.80. The zero-order valence-corrected chi connectivity index (χ0v) is 32.7. The average Bonchev–Trinajstić information content (AvgIpc) is 3.18. The molecule has 0 saturated carbocycles. The van der Waals surface area contributed by atoms with Crippen LogP contribution in [0.1, 0.15) is 85.9 Å². The minimum absolute atomic E-state index is 0.0554. The minimum atomic E-state index is -0.543. The van der Waals surface area contributed by atoms with E-state index in [9.17, 15) is 14.7 Å². The number of hydrogen-bond donors (Lipinski definition) is 3. The van der Waals surface area contributed by atoms with Crippen molar-refractivity contribution in [3.63, 3.8) is 0 Å². The van der Waals surface area contributed by atoms with Crippen molar-refractivity contribution >= 4 is 12.0 Å². The smallest absolute Gasteiger partial charge is 0.407 e. The second kappa shape index (κ2) is 21.4. The summed E-state index contributed by atoms with van der Waals surface area (Å²) in [5.41, 5.74) is 5.45. The SMILES string of the molecule is CC(C)(C)OC(=O)NCCCCCC(=O)NCc1cc(CN(Cc2ccccn2)Cc2ccccn2)c(O)c(CN(Cc2ccccn2)Cc2ccccn2)c1. The summed E-state index contributed by atoms with van der Waals surface area (Å²) < 4.78 is 5.28. The van der Waals surface area contributed by atoms with Crippen molar-refractivity contribution in [1.82, 2.24) is 40.4 Å². The fraction of sp³-hybridized carbons (Fsp3) is 0.364.